The van der Waals surface area contributed by atoms with Gasteiger partial charge in [0.1, 0.15) is 0 Å². The van der Waals surface area contributed by atoms with Crippen LogP contribution in [0, 0.1) is 0 Å². The average Bonchev–Trinajstić information content (AvgIpc) is 3.21. The van der Waals surface area contributed by atoms with E-state index in [4.69, 9.17) is 10.6 Å². The molecule has 0 aromatic carbocycles. The standard InChI is InChI=1S/C21H37N7O3S2/c1-3-26(4-2)18(30)15-33-20-25-24-19(28(20)22)32-14-17(29)23-16-21(8-6-5-7-9-21)27-10-12-31-13-11-27/h3-16,22H2,1-2H3,(H,23,29). The molecule has 0 spiro atoms. The third kappa shape index (κ3) is 7.00. The number of nitrogens with two attached hydrogens (primary N) is 1. The van der Waals surface area contributed by atoms with Crippen LogP contribution in [0.5, 0.6) is 0 Å². The van der Waals surface area contributed by atoms with Crippen molar-refractivity contribution in [3.05, 3.63) is 0 Å². The lowest BCUT2D eigenvalue weighted by atomic mass is 9.79. The topological polar surface area (TPSA) is 119 Å². The minimum atomic E-state index is -0.0351. The van der Waals surface area contributed by atoms with Gasteiger partial charge in [-0.2, -0.15) is 0 Å². The largest absolute Gasteiger partial charge is 0.379 e. The van der Waals surface area contributed by atoms with Crippen LogP contribution in [0.15, 0.2) is 10.3 Å². The van der Waals surface area contributed by atoms with Crippen molar-refractivity contribution in [2.45, 2.75) is 61.8 Å². The van der Waals surface area contributed by atoms with Crippen molar-refractivity contribution in [3.63, 3.8) is 0 Å². The van der Waals surface area contributed by atoms with Gasteiger partial charge in [0.25, 0.3) is 0 Å². The summed E-state index contributed by atoms with van der Waals surface area (Å²) in [6.45, 7) is 9.30. The fraction of sp³-hybridized carbons (Fsp3) is 0.810. The van der Waals surface area contributed by atoms with Gasteiger partial charge >= 0.3 is 0 Å². The van der Waals surface area contributed by atoms with E-state index in [1.54, 1.807) is 4.90 Å². The summed E-state index contributed by atoms with van der Waals surface area (Å²) >= 11 is 2.51. The molecule has 2 heterocycles. The molecule has 0 atom stereocenters. The van der Waals surface area contributed by atoms with Gasteiger partial charge in [0.05, 0.1) is 24.7 Å². The number of thioether (sulfide) groups is 2. The van der Waals surface area contributed by atoms with Crippen LogP contribution in [0.3, 0.4) is 0 Å². The molecule has 1 aliphatic heterocycles. The van der Waals surface area contributed by atoms with Crippen LogP contribution in [-0.2, 0) is 14.3 Å². The van der Waals surface area contributed by atoms with Gasteiger partial charge in [-0.1, -0.05) is 42.8 Å². The molecule has 2 amide bonds. The van der Waals surface area contributed by atoms with Gasteiger partial charge in [-0.25, -0.2) is 4.68 Å². The summed E-state index contributed by atoms with van der Waals surface area (Å²) in [5.74, 6) is 6.58. The molecule has 3 rings (SSSR count). The van der Waals surface area contributed by atoms with E-state index in [0.29, 0.717) is 29.9 Å². The third-order valence-electron chi connectivity index (χ3n) is 6.49. The average molecular weight is 500 g/mol. The molecule has 1 aromatic rings. The monoisotopic (exact) mass is 499 g/mol. The number of nitrogens with one attached hydrogen (secondary N) is 1. The van der Waals surface area contributed by atoms with E-state index in [1.165, 1.54) is 47.5 Å². The van der Waals surface area contributed by atoms with Gasteiger partial charge in [-0.3, -0.25) is 14.5 Å². The Morgan fingerprint density at radius 1 is 1.06 bits per heavy atom. The van der Waals surface area contributed by atoms with Crippen molar-refractivity contribution in [2.75, 3.05) is 63.3 Å². The first kappa shape index (κ1) is 26.1. The van der Waals surface area contributed by atoms with Crippen LogP contribution < -0.4 is 11.2 Å². The zero-order valence-electron chi connectivity index (χ0n) is 19.8. The van der Waals surface area contributed by atoms with Gasteiger partial charge in [0.2, 0.25) is 22.1 Å². The molecule has 12 heteroatoms. The highest BCUT2D eigenvalue weighted by Gasteiger charge is 2.38. The van der Waals surface area contributed by atoms with Gasteiger partial charge < -0.3 is 20.8 Å². The predicted molar refractivity (Wildman–Crippen MR) is 131 cm³/mol. The highest BCUT2D eigenvalue weighted by Crippen LogP contribution is 2.34. The number of hydrogen-bond acceptors (Lipinski definition) is 9. The van der Waals surface area contributed by atoms with E-state index in [-0.39, 0.29) is 28.9 Å². The van der Waals surface area contributed by atoms with E-state index in [1.807, 2.05) is 13.8 Å². The number of morpholine rings is 1. The molecule has 0 radical (unpaired) electrons. The molecule has 3 N–H and O–H groups in total. The smallest absolute Gasteiger partial charge is 0.233 e. The van der Waals surface area contributed by atoms with Crippen LogP contribution >= 0.6 is 23.5 Å². The first-order valence-electron chi connectivity index (χ1n) is 11.8. The van der Waals surface area contributed by atoms with Crippen molar-refractivity contribution in [1.29, 1.82) is 0 Å². The lowest BCUT2D eigenvalue weighted by molar-refractivity contribution is -0.128. The van der Waals surface area contributed by atoms with Crippen LogP contribution in [0.4, 0.5) is 0 Å². The molecular formula is C21H37N7O3S2. The predicted octanol–water partition coefficient (Wildman–Crippen LogP) is 1.20. The summed E-state index contributed by atoms with van der Waals surface area (Å²) in [7, 11) is 0. The van der Waals surface area contributed by atoms with E-state index in [0.717, 1.165) is 39.1 Å². The number of ether oxygens (including phenoxy) is 1. The lowest BCUT2D eigenvalue weighted by Crippen LogP contribution is -2.59. The first-order valence-corrected chi connectivity index (χ1v) is 13.8. The zero-order chi connectivity index (χ0) is 23.7. The SMILES string of the molecule is CCN(CC)C(=O)CSc1nnc(SCC(=O)NCC2(N3CCOCC3)CCCCC2)n1N. The number of carbonyl (C=O) groups is 2. The summed E-state index contributed by atoms with van der Waals surface area (Å²) in [6.07, 6.45) is 5.91. The Morgan fingerprint density at radius 3 is 2.27 bits per heavy atom. The van der Waals surface area contributed by atoms with Gasteiger partial charge in [-0.15, -0.1) is 10.2 Å². The van der Waals surface area contributed by atoms with E-state index in [9.17, 15) is 9.59 Å². The zero-order valence-corrected chi connectivity index (χ0v) is 21.4. The molecule has 186 valence electrons. The van der Waals surface area contributed by atoms with Crippen molar-refractivity contribution >= 4 is 35.3 Å². The molecule has 0 unspecified atom stereocenters. The molecule has 10 nitrogen and oxygen atoms in total. The third-order valence-corrected chi connectivity index (χ3v) is 8.36. The summed E-state index contributed by atoms with van der Waals surface area (Å²) in [6, 6.07) is 0. The minimum absolute atomic E-state index is 0.0351. The summed E-state index contributed by atoms with van der Waals surface area (Å²) in [5, 5.41) is 12.3. The molecule has 2 fully saturated rings. The van der Waals surface area contributed by atoms with E-state index in [2.05, 4.69) is 20.4 Å². The Kier molecular flexibility index (Phi) is 10.1. The maximum atomic E-state index is 12.6. The van der Waals surface area contributed by atoms with Crippen molar-refractivity contribution in [3.8, 4) is 0 Å². The van der Waals surface area contributed by atoms with Crippen molar-refractivity contribution < 1.29 is 14.3 Å². The number of amides is 2. The van der Waals surface area contributed by atoms with E-state index < -0.39 is 0 Å². The van der Waals surface area contributed by atoms with Crippen molar-refractivity contribution in [1.82, 2.24) is 30.0 Å². The second-order valence-electron chi connectivity index (χ2n) is 8.44. The molecule has 1 aliphatic carbocycles. The van der Waals surface area contributed by atoms with Gasteiger partial charge in [0.15, 0.2) is 0 Å². The van der Waals surface area contributed by atoms with Crippen LogP contribution in [0.25, 0.3) is 0 Å². The summed E-state index contributed by atoms with van der Waals surface area (Å²) in [4.78, 5) is 29.1. The summed E-state index contributed by atoms with van der Waals surface area (Å²) in [5.41, 5.74) is 0.0391. The summed E-state index contributed by atoms with van der Waals surface area (Å²) < 4.78 is 6.89. The maximum absolute atomic E-state index is 12.6. The number of nitrogen functional groups attached to an aromatic ring is 1. The first-order chi connectivity index (χ1) is 16.0. The van der Waals surface area contributed by atoms with Crippen LogP contribution in [0.2, 0.25) is 0 Å². The van der Waals surface area contributed by atoms with Gasteiger partial charge in [-0.05, 0) is 26.7 Å². The molecule has 1 saturated heterocycles. The fourth-order valence-electron chi connectivity index (χ4n) is 4.55. The molecular weight excluding hydrogens is 462 g/mol. The fourth-order valence-corrected chi connectivity index (χ4v) is 6.05. The maximum Gasteiger partial charge on any atom is 0.233 e. The molecule has 2 aliphatic rings. The Balaban J connectivity index is 1.48. The molecule has 0 bridgehead atoms. The second-order valence-corrected chi connectivity index (χ2v) is 10.3. The van der Waals surface area contributed by atoms with Crippen LogP contribution in [-0.4, -0.2) is 99.5 Å². The highest BCUT2D eigenvalue weighted by molar-refractivity contribution is 8.00. The Morgan fingerprint density at radius 2 is 1.67 bits per heavy atom. The second kappa shape index (κ2) is 12.8. The van der Waals surface area contributed by atoms with Crippen molar-refractivity contribution in [2.24, 2.45) is 0 Å². The normalized spacial score (nSPS) is 18.7. The Bertz CT molecular complexity index is 776. The number of aromatic nitrogens is 3. The molecule has 33 heavy (non-hydrogen) atoms. The van der Waals surface area contributed by atoms with Gasteiger partial charge in [0, 0.05) is 38.3 Å². The number of nitrogens with zero attached hydrogens (tertiary/aromatic N) is 5. The highest BCUT2D eigenvalue weighted by atomic mass is 32.2. The number of hydrogen-bond donors (Lipinski definition) is 2. The molecule has 1 saturated carbocycles. The number of rotatable bonds is 11. The Labute approximate surface area is 204 Å². The molecule has 1 aromatic heterocycles. The Hall–Kier alpha value is -1.50. The van der Waals surface area contributed by atoms with Crippen LogP contribution in [0.1, 0.15) is 46.0 Å². The quantitative estimate of drug-likeness (QED) is 0.342. The van der Waals surface area contributed by atoms with E-state index >= 15 is 0 Å². The number of carbonyl (C=O) groups excluding carboxylic acids is 2. The lowest BCUT2D eigenvalue weighted by Gasteiger charge is -2.48. The minimum Gasteiger partial charge on any atom is -0.379 e.